The molecule has 5 nitrogen and oxygen atoms in total. The number of carbonyl (C=O) groups excluding carboxylic acids is 1. The van der Waals surface area contributed by atoms with Gasteiger partial charge in [-0.05, 0) is 6.07 Å². The second-order valence-corrected chi connectivity index (χ2v) is 4.43. The van der Waals surface area contributed by atoms with E-state index in [0.717, 1.165) is 0 Å². The van der Waals surface area contributed by atoms with Gasteiger partial charge < -0.3 is 14.7 Å². The molecule has 1 N–H and O–H groups in total. The van der Waals surface area contributed by atoms with Crippen molar-refractivity contribution in [2.45, 2.75) is 6.54 Å². The molecule has 1 aromatic carbocycles. The third-order valence-electron chi connectivity index (χ3n) is 3.04. The first-order valence-electron chi connectivity index (χ1n) is 6.12. The standard InChI is InChI=1S/C14H12FN3O2/c15-12-4-2-1-3-10(12)7-18-8-11(14(19)16-9-18)13-5-6-20-17-13/h1-6,8H,7,9H2,(H,16,19). The van der Waals surface area contributed by atoms with Crippen LogP contribution in [0.25, 0.3) is 5.57 Å². The Balaban J connectivity index is 1.85. The van der Waals surface area contributed by atoms with E-state index in [1.807, 2.05) is 4.90 Å². The first kappa shape index (κ1) is 12.4. The van der Waals surface area contributed by atoms with Gasteiger partial charge in [0, 0.05) is 24.4 Å². The van der Waals surface area contributed by atoms with Gasteiger partial charge in [0.15, 0.2) is 0 Å². The Morgan fingerprint density at radius 3 is 2.95 bits per heavy atom. The summed E-state index contributed by atoms with van der Waals surface area (Å²) in [6.07, 6.45) is 3.07. The molecule has 0 atom stereocenters. The minimum Gasteiger partial charge on any atom is -0.364 e. The Labute approximate surface area is 114 Å². The number of amides is 1. The fraction of sp³-hybridized carbons (Fsp3) is 0.143. The molecule has 1 aliphatic rings. The summed E-state index contributed by atoms with van der Waals surface area (Å²) in [6.45, 7) is 0.697. The average molecular weight is 273 g/mol. The number of carbonyl (C=O) groups is 1. The van der Waals surface area contributed by atoms with Crippen molar-refractivity contribution in [2.75, 3.05) is 6.67 Å². The van der Waals surface area contributed by atoms with Crippen molar-refractivity contribution >= 4 is 11.5 Å². The summed E-state index contributed by atoms with van der Waals surface area (Å²) in [5.41, 5.74) is 1.43. The van der Waals surface area contributed by atoms with Crippen LogP contribution in [-0.2, 0) is 11.3 Å². The van der Waals surface area contributed by atoms with E-state index >= 15 is 0 Å². The van der Waals surface area contributed by atoms with Gasteiger partial charge in [0.1, 0.15) is 17.8 Å². The molecule has 20 heavy (non-hydrogen) atoms. The van der Waals surface area contributed by atoms with Crippen LogP contribution in [-0.4, -0.2) is 22.6 Å². The molecular formula is C14H12FN3O2. The van der Waals surface area contributed by atoms with Crippen LogP contribution in [0, 0.1) is 5.82 Å². The number of rotatable bonds is 3. The SMILES string of the molecule is O=C1NCN(Cc2ccccc2F)C=C1c1ccon1. The van der Waals surface area contributed by atoms with Crippen molar-refractivity contribution in [1.82, 2.24) is 15.4 Å². The third-order valence-corrected chi connectivity index (χ3v) is 3.04. The summed E-state index contributed by atoms with van der Waals surface area (Å²) < 4.78 is 18.4. The molecule has 0 aliphatic carbocycles. The number of hydrogen-bond acceptors (Lipinski definition) is 4. The van der Waals surface area contributed by atoms with E-state index in [1.165, 1.54) is 12.3 Å². The van der Waals surface area contributed by atoms with E-state index in [4.69, 9.17) is 4.52 Å². The predicted molar refractivity (Wildman–Crippen MR) is 69.4 cm³/mol. The number of aromatic nitrogens is 1. The summed E-state index contributed by atoms with van der Waals surface area (Å²) in [4.78, 5) is 13.6. The molecule has 0 saturated heterocycles. The lowest BCUT2D eigenvalue weighted by atomic mass is 10.1. The molecule has 2 aromatic rings. The van der Waals surface area contributed by atoms with Crippen LogP contribution in [0.1, 0.15) is 11.3 Å². The molecule has 0 saturated carbocycles. The number of hydrogen-bond donors (Lipinski definition) is 1. The summed E-state index contributed by atoms with van der Waals surface area (Å²) >= 11 is 0. The van der Waals surface area contributed by atoms with Gasteiger partial charge in [0.2, 0.25) is 0 Å². The summed E-state index contributed by atoms with van der Waals surface area (Å²) in [5, 5.41) is 6.47. The topological polar surface area (TPSA) is 58.4 Å². The van der Waals surface area contributed by atoms with Crippen molar-refractivity contribution in [1.29, 1.82) is 0 Å². The quantitative estimate of drug-likeness (QED) is 0.925. The van der Waals surface area contributed by atoms with Gasteiger partial charge in [-0.3, -0.25) is 4.79 Å². The minimum absolute atomic E-state index is 0.219. The highest BCUT2D eigenvalue weighted by Gasteiger charge is 2.21. The highest BCUT2D eigenvalue weighted by atomic mass is 19.1. The molecule has 0 spiro atoms. The van der Waals surface area contributed by atoms with Gasteiger partial charge in [-0.2, -0.15) is 0 Å². The Morgan fingerprint density at radius 2 is 2.20 bits per heavy atom. The zero-order chi connectivity index (χ0) is 13.9. The van der Waals surface area contributed by atoms with Crippen LogP contribution in [0.3, 0.4) is 0 Å². The molecular weight excluding hydrogens is 261 g/mol. The van der Waals surface area contributed by atoms with Crippen LogP contribution in [0.15, 0.2) is 47.3 Å². The molecule has 0 fully saturated rings. The highest BCUT2D eigenvalue weighted by molar-refractivity contribution is 6.19. The number of benzene rings is 1. The second kappa shape index (κ2) is 5.16. The summed E-state index contributed by atoms with van der Waals surface area (Å²) in [7, 11) is 0. The van der Waals surface area contributed by atoms with Crippen LogP contribution in [0.4, 0.5) is 4.39 Å². The lowest BCUT2D eigenvalue weighted by molar-refractivity contribution is -0.116. The predicted octanol–water partition coefficient (Wildman–Crippen LogP) is 1.74. The van der Waals surface area contributed by atoms with Crippen LogP contribution < -0.4 is 5.32 Å². The molecule has 1 amide bonds. The van der Waals surface area contributed by atoms with Crippen LogP contribution in [0.2, 0.25) is 0 Å². The third kappa shape index (κ3) is 2.40. The maximum Gasteiger partial charge on any atom is 0.256 e. The molecule has 1 aliphatic heterocycles. The molecule has 2 heterocycles. The highest BCUT2D eigenvalue weighted by Crippen LogP contribution is 2.18. The fourth-order valence-corrected chi connectivity index (χ4v) is 2.04. The Kier molecular flexibility index (Phi) is 3.20. The van der Waals surface area contributed by atoms with E-state index in [2.05, 4.69) is 10.5 Å². The lowest BCUT2D eigenvalue weighted by Gasteiger charge is -2.26. The average Bonchev–Trinajstić information content (AvgIpc) is 2.97. The van der Waals surface area contributed by atoms with E-state index in [1.54, 1.807) is 30.5 Å². The van der Waals surface area contributed by atoms with E-state index in [-0.39, 0.29) is 11.7 Å². The van der Waals surface area contributed by atoms with Gasteiger partial charge in [-0.15, -0.1) is 0 Å². The van der Waals surface area contributed by atoms with Crippen molar-refractivity contribution in [3.63, 3.8) is 0 Å². The van der Waals surface area contributed by atoms with E-state index in [9.17, 15) is 9.18 Å². The maximum absolute atomic E-state index is 13.6. The Morgan fingerprint density at radius 1 is 1.35 bits per heavy atom. The lowest BCUT2D eigenvalue weighted by Crippen LogP contribution is -2.40. The van der Waals surface area contributed by atoms with Crippen molar-refractivity contribution in [3.05, 3.63) is 59.9 Å². The molecule has 6 heteroatoms. The maximum atomic E-state index is 13.6. The van der Waals surface area contributed by atoms with Crippen molar-refractivity contribution in [3.8, 4) is 0 Å². The monoisotopic (exact) mass is 273 g/mol. The first-order chi connectivity index (χ1) is 9.74. The Hall–Kier alpha value is -2.63. The van der Waals surface area contributed by atoms with Crippen molar-refractivity contribution < 1.29 is 13.7 Å². The largest absolute Gasteiger partial charge is 0.364 e. The molecule has 102 valence electrons. The smallest absolute Gasteiger partial charge is 0.256 e. The van der Waals surface area contributed by atoms with Gasteiger partial charge in [0.25, 0.3) is 5.91 Å². The fourth-order valence-electron chi connectivity index (χ4n) is 2.04. The van der Waals surface area contributed by atoms with E-state index in [0.29, 0.717) is 30.0 Å². The second-order valence-electron chi connectivity index (χ2n) is 4.43. The molecule has 0 bridgehead atoms. The first-order valence-corrected chi connectivity index (χ1v) is 6.12. The summed E-state index contributed by atoms with van der Waals surface area (Å²) in [5.74, 6) is -0.482. The number of nitrogens with zero attached hydrogens (tertiary/aromatic N) is 2. The normalized spacial score (nSPS) is 14.9. The van der Waals surface area contributed by atoms with Crippen LogP contribution >= 0.6 is 0 Å². The van der Waals surface area contributed by atoms with Gasteiger partial charge >= 0.3 is 0 Å². The van der Waals surface area contributed by atoms with Crippen molar-refractivity contribution in [2.24, 2.45) is 0 Å². The number of nitrogens with one attached hydrogen (secondary N) is 1. The molecule has 1 aromatic heterocycles. The minimum atomic E-state index is -0.263. The van der Waals surface area contributed by atoms with Gasteiger partial charge in [-0.25, -0.2) is 4.39 Å². The van der Waals surface area contributed by atoms with E-state index < -0.39 is 0 Å². The zero-order valence-corrected chi connectivity index (χ0v) is 10.5. The molecule has 0 unspecified atom stereocenters. The van der Waals surface area contributed by atoms with Gasteiger partial charge in [0.05, 0.1) is 12.2 Å². The summed E-state index contributed by atoms with van der Waals surface area (Å²) in [6, 6.07) is 8.17. The van der Waals surface area contributed by atoms with Gasteiger partial charge in [-0.1, -0.05) is 23.4 Å². The number of halogens is 1. The zero-order valence-electron chi connectivity index (χ0n) is 10.5. The molecule has 0 radical (unpaired) electrons. The Bertz CT molecular complexity index is 652. The van der Waals surface area contributed by atoms with Crippen LogP contribution in [0.5, 0.6) is 0 Å². The molecule has 3 rings (SSSR count).